The Hall–Kier alpha value is -7.01. The summed E-state index contributed by atoms with van der Waals surface area (Å²) in [4.78, 5) is 15.6. The molecule has 258 valence electrons. The molecule has 0 bridgehead atoms. The number of rotatable bonds is 7. The molecule has 10 rings (SSSR count). The van der Waals surface area contributed by atoms with Gasteiger partial charge in [-0.25, -0.2) is 15.0 Å². The summed E-state index contributed by atoms with van der Waals surface area (Å²) in [6.07, 6.45) is 0. The summed E-state index contributed by atoms with van der Waals surface area (Å²) in [6.45, 7) is 0. The van der Waals surface area contributed by atoms with Gasteiger partial charge in [-0.3, -0.25) is 0 Å². The summed E-state index contributed by atoms with van der Waals surface area (Å²) >= 11 is 1.84. The van der Waals surface area contributed by atoms with Crippen molar-refractivity contribution < 1.29 is 0 Å². The quantitative estimate of drug-likeness (QED) is 0.165. The zero-order valence-corrected chi connectivity index (χ0v) is 30.6. The van der Waals surface area contributed by atoms with Gasteiger partial charge in [0, 0.05) is 36.9 Å². The first-order valence-corrected chi connectivity index (χ1v) is 19.2. The molecule has 0 spiro atoms. The van der Waals surface area contributed by atoms with E-state index in [9.17, 15) is 0 Å². The third-order valence-electron chi connectivity index (χ3n) is 10.1. The van der Waals surface area contributed by atoms with Gasteiger partial charge < -0.3 is 0 Å². The van der Waals surface area contributed by atoms with Crippen molar-refractivity contribution >= 4 is 31.5 Å². The normalized spacial score (nSPS) is 11.3. The molecule has 0 saturated heterocycles. The lowest BCUT2D eigenvalue weighted by Crippen LogP contribution is -2.01. The Balaban J connectivity index is 1.15. The third kappa shape index (κ3) is 6.39. The molecule has 4 heteroatoms. The van der Waals surface area contributed by atoms with Crippen LogP contribution < -0.4 is 0 Å². The standard InChI is InChI=1S/C51H33N3S/c1-4-14-34(15-5-1)37-26-28-38(29-27-37)49-52-50(40-21-12-20-39(30-40)44-23-13-24-46-45-22-10-11-25-47(45)55-48(44)46)54-51(53-49)43-32-41(35-16-6-2-7-17-35)31-42(33-43)36-18-8-3-9-19-36/h1-33H. The van der Waals surface area contributed by atoms with E-state index >= 15 is 0 Å². The molecule has 0 atom stereocenters. The van der Waals surface area contributed by atoms with Crippen LogP contribution in [0, 0.1) is 0 Å². The van der Waals surface area contributed by atoms with Crippen molar-refractivity contribution in [2.24, 2.45) is 0 Å². The fraction of sp³-hybridized carbons (Fsp3) is 0. The molecule has 0 saturated carbocycles. The highest BCUT2D eigenvalue weighted by molar-refractivity contribution is 7.26. The molecule has 0 fully saturated rings. The summed E-state index contributed by atoms with van der Waals surface area (Å²) < 4.78 is 2.57. The van der Waals surface area contributed by atoms with Crippen molar-refractivity contribution in [3.8, 4) is 78.7 Å². The lowest BCUT2D eigenvalue weighted by Gasteiger charge is -2.13. The Labute approximate surface area is 323 Å². The van der Waals surface area contributed by atoms with E-state index in [1.807, 2.05) is 17.4 Å². The number of benzene rings is 8. The van der Waals surface area contributed by atoms with E-state index in [1.165, 1.54) is 31.3 Å². The molecule has 0 radical (unpaired) electrons. The largest absolute Gasteiger partial charge is 0.208 e. The van der Waals surface area contributed by atoms with E-state index in [2.05, 4.69) is 194 Å². The minimum atomic E-state index is 0.624. The van der Waals surface area contributed by atoms with E-state index in [-0.39, 0.29) is 0 Å². The van der Waals surface area contributed by atoms with Gasteiger partial charge >= 0.3 is 0 Å². The summed E-state index contributed by atoms with van der Waals surface area (Å²) in [6, 6.07) is 70.4. The maximum Gasteiger partial charge on any atom is 0.164 e. The molecule has 0 amide bonds. The second-order valence-corrected chi connectivity index (χ2v) is 14.7. The predicted octanol–water partition coefficient (Wildman–Crippen LogP) is 13.9. The first kappa shape index (κ1) is 32.6. The van der Waals surface area contributed by atoms with E-state index in [1.54, 1.807) is 0 Å². The number of nitrogens with zero attached hydrogens (tertiary/aromatic N) is 3. The van der Waals surface area contributed by atoms with Crippen LogP contribution in [0.5, 0.6) is 0 Å². The second-order valence-electron chi connectivity index (χ2n) is 13.6. The summed E-state index contributed by atoms with van der Waals surface area (Å²) in [5.74, 6) is 1.88. The molecule has 0 aliphatic carbocycles. The van der Waals surface area contributed by atoms with Gasteiger partial charge in [0.05, 0.1) is 0 Å². The Bertz CT molecular complexity index is 2900. The van der Waals surface area contributed by atoms with Crippen LogP contribution in [0.2, 0.25) is 0 Å². The van der Waals surface area contributed by atoms with Gasteiger partial charge in [0.15, 0.2) is 17.5 Å². The number of aromatic nitrogens is 3. The summed E-state index contributed by atoms with van der Waals surface area (Å²) in [5, 5.41) is 2.57. The molecule has 0 unspecified atom stereocenters. The molecule has 55 heavy (non-hydrogen) atoms. The average molecular weight is 720 g/mol. The Kier molecular flexibility index (Phi) is 8.36. The van der Waals surface area contributed by atoms with Gasteiger partial charge in [0.2, 0.25) is 0 Å². The molecule has 10 aromatic rings. The first-order valence-electron chi connectivity index (χ1n) is 18.4. The van der Waals surface area contributed by atoms with Gasteiger partial charge in [-0.15, -0.1) is 11.3 Å². The van der Waals surface area contributed by atoms with Crippen molar-refractivity contribution in [2.75, 3.05) is 0 Å². The Morgan fingerprint density at radius 3 is 1.35 bits per heavy atom. The van der Waals surface area contributed by atoms with Crippen molar-refractivity contribution in [3.05, 3.63) is 200 Å². The highest BCUT2D eigenvalue weighted by atomic mass is 32.1. The Morgan fingerprint density at radius 1 is 0.273 bits per heavy atom. The smallest absolute Gasteiger partial charge is 0.164 e. The lowest BCUT2D eigenvalue weighted by atomic mass is 9.95. The van der Waals surface area contributed by atoms with Gasteiger partial charge in [0.1, 0.15) is 0 Å². The molecule has 2 aromatic heterocycles. The van der Waals surface area contributed by atoms with E-state index in [4.69, 9.17) is 15.0 Å². The van der Waals surface area contributed by atoms with E-state index in [0.717, 1.165) is 50.1 Å². The van der Waals surface area contributed by atoms with Gasteiger partial charge in [-0.1, -0.05) is 170 Å². The van der Waals surface area contributed by atoms with E-state index < -0.39 is 0 Å². The highest BCUT2D eigenvalue weighted by Crippen LogP contribution is 2.41. The second kappa shape index (κ2) is 14.1. The number of hydrogen-bond acceptors (Lipinski definition) is 4. The highest BCUT2D eigenvalue weighted by Gasteiger charge is 2.17. The van der Waals surface area contributed by atoms with Crippen LogP contribution in [0.25, 0.3) is 98.8 Å². The first-order chi connectivity index (χ1) is 27.2. The van der Waals surface area contributed by atoms with Gasteiger partial charge in [-0.2, -0.15) is 0 Å². The monoisotopic (exact) mass is 719 g/mol. The zero-order valence-electron chi connectivity index (χ0n) is 29.8. The van der Waals surface area contributed by atoms with Crippen LogP contribution in [0.15, 0.2) is 200 Å². The Morgan fingerprint density at radius 2 is 0.691 bits per heavy atom. The molecule has 8 aromatic carbocycles. The number of fused-ring (bicyclic) bond motifs is 3. The van der Waals surface area contributed by atoms with Crippen molar-refractivity contribution in [1.82, 2.24) is 15.0 Å². The van der Waals surface area contributed by atoms with Crippen LogP contribution in [0.3, 0.4) is 0 Å². The van der Waals surface area contributed by atoms with E-state index in [0.29, 0.717) is 17.5 Å². The van der Waals surface area contributed by atoms with Crippen LogP contribution in [-0.4, -0.2) is 15.0 Å². The average Bonchev–Trinajstić information content (AvgIpc) is 3.66. The van der Waals surface area contributed by atoms with Crippen LogP contribution in [-0.2, 0) is 0 Å². The topological polar surface area (TPSA) is 38.7 Å². The molecule has 3 nitrogen and oxygen atoms in total. The fourth-order valence-electron chi connectivity index (χ4n) is 7.36. The zero-order chi connectivity index (χ0) is 36.6. The van der Waals surface area contributed by atoms with Crippen molar-refractivity contribution in [2.45, 2.75) is 0 Å². The van der Waals surface area contributed by atoms with Gasteiger partial charge in [0.25, 0.3) is 0 Å². The minimum absolute atomic E-state index is 0.624. The fourth-order valence-corrected chi connectivity index (χ4v) is 8.60. The van der Waals surface area contributed by atoms with Crippen molar-refractivity contribution in [3.63, 3.8) is 0 Å². The lowest BCUT2D eigenvalue weighted by molar-refractivity contribution is 1.07. The maximum absolute atomic E-state index is 5.25. The molecule has 0 aliphatic heterocycles. The summed E-state index contributed by atoms with van der Waals surface area (Å²) in [7, 11) is 0. The summed E-state index contributed by atoms with van der Waals surface area (Å²) in [5.41, 5.74) is 11.9. The molecule has 2 heterocycles. The van der Waals surface area contributed by atoms with Crippen molar-refractivity contribution in [1.29, 1.82) is 0 Å². The number of thiophene rings is 1. The molecular weight excluding hydrogens is 687 g/mol. The van der Waals surface area contributed by atoms with Crippen LogP contribution >= 0.6 is 11.3 Å². The predicted molar refractivity (Wildman–Crippen MR) is 231 cm³/mol. The van der Waals surface area contributed by atoms with Crippen LogP contribution in [0.1, 0.15) is 0 Å². The minimum Gasteiger partial charge on any atom is -0.208 e. The maximum atomic E-state index is 5.25. The molecule has 0 N–H and O–H groups in total. The molecular formula is C51H33N3S. The number of hydrogen-bond donors (Lipinski definition) is 0. The third-order valence-corrected chi connectivity index (χ3v) is 11.3. The molecule has 0 aliphatic rings. The van der Waals surface area contributed by atoms with Crippen LogP contribution in [0.4, 0.5) is 0 Å². The van der Waals surface area contributed by atoms with Gasteiger partial charge in [-0.05, 0) is 74.8 Å². The SMILES string of the molecule is c1ccc(-c2ccc(-c3nc(-c4cc(-c5ccccc5)cc(-c5ccccc5)c4)nc(-c4cccc(-c5cccc6c5sc5ccccc56)c4)n3)cc2)cc1.